The van der Waals surface area contributed by atoms with E-state index in [2.05, 4.69) is 22.3 Å². The van der Waals surface area contributed by atoms with Crippen molar-refractivity contribution in [2.45, 2.75) is 36.6 Å². The van der Waals surface area contributed by atoms with Crippen molar-refractivity contribution >= 4 is 15.9 Å². The molecule has 0 radical (unpaired) electrons. The van der Waals surface area contributed by atoms with E-state index in [1.807, 2.05) is 24.3 Å². The SMILES string of the molecule is N#Cc1ccccc1S(=O)(=O)N1CCC(C(=O)NCC(c2ccccc2)N2CCCC2)CC1. The maximum Gasteiger partial charge on any atom is 0.244 e. The number of nitrogens with one attached hydrogen (secondary N) is 1. The minimum atomic E-state index is -3.75. The molecule has 0 spiro atoms. The van der Waals surface area contributed by atoms with Gasteiger partial charge in [-0.05, 0) is 56.5 Å². The Hall–Kier alpha value is -2.73. The van der Waals surface area contributed by atoms with Crippen LogP contribution in [0.2, 0.25) is 0 Å². The highest BCUT2D eigenvalue weighted by molar-refractivity contribution is 7.89. The molecule has 0 aromatic heterocycles. The van der Waals surface area contributed by atoms with Crippen LogP contribution in [0.15, 0.2) is 59.5 Å². The lowest BCUT2D eigenvalue weighted by Crippen LogP contribution is -2.44. The van der Waals surface area contributed by atoms with Gasteiger partial charge in [0.15, 0.2) is 0 Å². The fourth-order valence-electron chi connectivity index (χ4n) is 4.81. The van der Waals surface area contributed by atoms with Gasteiger partial charge in [0.2, 0.25) is 15.9 Å². The molecule has 174 valence electrons. The Morgan fingerprint density at radius 2 is 1.64 bits per heavy atom. The van der Waals surface area contributed by atoms with Crippen molar-refractivity contribution in [3.05, 3.63) is 65.7 Å². The van der Waals surface area contributed by atoms with Crippen LogP contribution in [0.3, 0.4) is 0 Å². The van der Waals surface area contributed by atoms with Gasteiger partial charge in [-0.15, -0.1) is 0 Å². The van der Waals surface area contributed by atoms with Crippen molar-refractivity contribution in [1.29, 1.82) is 5.26 Å². The van der Waals surface area contributed by atoms with Crippen LogP contribution in [-0.4, -0.2) is 56.3 Å². The zero-order valence-electron chi connectivity index (χ0n) is 18.7. The minimum Gasteiger partial charge on any atom is -0.354 e. The molecule has 2 aliphatic heterocycles. The van der Waals surface area contributed by atoms with Gasteiger partial charge in [0.05, 0.1) is 16.5 Å². The van der Waals surface area contributed by atoms with E-state index in [0.717, 1.165) is 13.1 Å². The molecule has 7 nitrogen and oxygen atoms in total. The number of carbonyl (C=O) groups excluding carboxylic acids is 1. The summed E-state index contributed by atoms with van der Waals surface area (Å²) in [5.74, 6) is -0.220. The van der Waals surface area contributed by atoms with Gasteiger partial charge in [0.1, 0.15) is 6.07 Å². The second-order valence-corrected chi connectivity index (χ2v) is 10.6. The highest BCUT2D eigenvalue weighted by atomic mass is 32.2. The summed E-state index contributed by atoms with van der Waals surface area (Å²) < 4.78 is 27.5. The molecule has 1 unspecified atom stereocenters. The van der Waals surface area contributed by atoms with Gasteiger partial charge in [-0.25, -0.2) is 8.42 Å². The maximum atomic E-state index is 13.0. The molecule has 2 fully saturated rings. The summed E-state index contributed by atoms with van der Waals surface area (Å²) in [4.78, 5) is 15.4. The summed E-state index contributed by atoms with van der Waals surface area (Å²) in [6.45, 7) is 3.17. The third kappa shape index (κ3) is 5.27. The van der Waals surface area contributed by atoms with Gasteiger partial charge in [-0.3, -0.25) is 9.69 Å². The van der Waals surface area contributed by atoms with E-state index in [1.54, 1.807) is 12.1 Å². The van der Waals surface area contributed by atoms with Gasteiger partial charge >= 0.3 is 0 Å². The molecule has 33 heavy (non-hydrogen) atoms. The first kappa shape index (κ1) is 23.4. The van der Waals surface area contributed by atoms with Crippen LogP contribution in [0, 0.1) is 17.2 Å². The Morgan fingerprint density at radius 3 is 2.30 bits per heavy atom. The predicted octanol–water partition coefficient (Wildman–Crippen LogP) is 2.91. The largest absolute Gasteiger partial charge is 0.354 e. The Morgan fingerprint density at radius 1 is 1.00 bits per heavy atom. The summed E-state index contributed by atoms with van der Waals surface area (Å²) in [5.41, 5.74) is 1.35. The first-order chi connectivity index (χ1) is 16.0. The molecule has 1 N–H and O–H groups in total. The van der Waals surface area contributed by atoms with Gasteiger partial charge in [0.25, 0.3) is 0 Å². The van der Waals surface area contributed by atoms with Gasteiger partial charge < -0.3 is 5.32 Å². The van der Waals surface area contributed by atoms with E-state index >= 15 is 0 Å². The van der Waals surface area contributed by atoms with E-state index in [-0.39, 0.29) is 41.4 Å². The Labute approximate surface area is 196 Å². The smallest absolute Gasteiger partial charge is 0.244 e. The van der Waals surface area contributed by atoms with E-state index < -0.39 is 10.0 Å². The minimum absolute atomic E-state index is 0.00963. The van der Waals surface area contributed by atoms with E-state index in [1.165, 1.54) is 34.8 Å². The summed E-state index contributed by atoms with van der Waals surface area (Å²) in [6, 6.07) is 18.6. The summed E-state index contributed by atoms with van der Waals surface area (Å²) in [5, 5.41) is 12.4. The van der Waals surface area contributed by atoms with Crippen LogP contribution in [-0.2, 0) is 14.8 Å². The molecule has 0 aliphatic carbocycles. The van der Waals surface area contributed by atoms with Crippen molar-refractivity contribution in [2.75, 3.05) is 32.7 Å². The number of carbonyl (C=O) groups is 1. The number of hydrogen-bond donors (Lipinski definition) is 1. The first-order valence-corrected chi connectivity index (χ1v) is 13.0. The average molecular weight is 467 g/mol. The van der Waals surface area contributed by atoms with Crippen LogP contribution in [0.25, 0.3) is 0 Å². The Balaban J connectivity index is 1.36. The zero-order valence-corrected chi connectivity index (χ0v) is 19.5. The monoisotopic (exact) mass is 466 g/mol. The molecule has 8 heteroatoms. The third-order valence-corrected chi connectivity index (χ3v) is 8.64. The number of benzene rings is 2. The van der Waals surface area contributed by atoms with E-state index in [4.69, 9.17) is 0 Å². The van der Waals surface area contributed by atoms with E-state index in [9.17, 15) is 18.5 Å². The number of amides is 1. The third-order valence-electron chi connectivity index (χ3n) is 6.69. The maximum absolute atomic E-state index is 13.0. The van der Waals surface area contributed by atoms with Crippen molar-refractivity contribution in [3.63, 3.8) is 0 Å². The average Bonchev–Trinajstić information content (AvgIpc) is 3.39. The molecule has 2 aromatic carbocycles. The molecule has 0 saturated carbocycles. The summed E-state index contributed by atoms with van der Waals surface area (Å²) in [6.07, 6.45) is 3.30. The standard InChI is InChI=1S/C25H30N4O3S/c26-18-22-10-4-5-11-24(22)33(31,32)29-16-12-21(13-17-29)25(30)27-19-23(28-14-6-7-15-28)20-8-2-1-3-9-20/h1-5,8-11,21,23H,6-7,12-17,19H2,(H,27,30). The first-order valence-electron chi connectivity index (χ1n) is 11.6. The normalized spacial score (nSPS) is 19.1. The number of sulfonamides is 1. The second kappa shape index (κ2) is 10.5. The quantitative estimate of drug-likeness (QED) is 0.677. The number of hydrogen-bond acceptors (Lipinski definition) is 5. The molecule has 2 aromatic rings. The number of nitriles is 1. The van der Waals surface area contributed by atoms with Gasteiger partial charge in [-0.1, -0.05) is 42.5 Å². The summed E-state index contributed by atoms with van der Waals surface area (Å²) in [7, 11) is -3.75. The molecule has 1 amide bonds. The highest BCUT2D eigenvalue weighted by Crippen LogP contribution is 2.27. The van der Waals surface area contributed by atoms with Crippen molar-refractivity contribution in [2.24, 2.45) is 5.92 Å². The molecular formula is C25H30N4O3S. The number of piperidine rings is 1. The Kier molecular flexibility index (Phi) is 7.43. The van der Waals surface area contributed by atoms with Gasteiger partial charge in [-0.2, -0.15) is 9.57 Å². The lowest BCUT2D eigenvalue weighted by Gasteiger charge is -2.32. The fraction of sp³-hybridized carbons (Fsp3) is 0.440. The molecule has 2 aliphatic rings. The second-order valence-electron chi connectivity index (χ2n) is 8.70. The van der Waals surface area contributed by atoms with Crippen LogP contribution < -0.4 is 5.32 Å². The molecule has 4 rings (SSSR count). The lowest BCUT2D eigenvalue weighted by atomic mass is 9.97. The Bertz CT molecular complexity index is 1100. The molecule has 2 saturated heterocycles. The molecular weight excluding hydrogens is 436 g/mol. The topological polar surface area (TPSA) is 93.5 Å². The van der Waals surface area contributed by atoms with Crippen LogP contribution >= 0.6 is 0 Å². The van der Waals surface area contributed by atoms with Crippen molar-refractivity contribution in [1.82, 2.24) is 14.5 Å². The highest BCUT2D eigenvalue weighted by Gasteiger charge is 2.33. The number of nitrogens with zero attached hydrogens (tertiary/aromatic N) is 3. The summed E-state index contributed by atoms with van der Waals surface area (Å²) >= 11 is 0. The number of rotatable bonds is 7. The van der Waals surface area contributed by atoms with Crippen LogP contribution in [0.5, 0.6) is 0 Å². The molecule has 2 heterocycles. The fourth-order valence-corrected chi connectivity index (χ4v) is 6.42. The van der Waals surface area contributed by atoms with Crippen molar-refractivity contribution in [3.8, 4) is 6.07 Å². The van der Waals surface area contributed by atoms with Crippen molar-refractivity contribution < 1.29 is 13.2 Å². The van der Waals surface area contributed by atoms with Gasteiger partial charge in [0, 0.05) is 25.6 Å². The molecule has 1 atom stereocenters. The van der Waals surface area contributed by atoms with E-state index in [0.29, 0.717) is 19.4 Å². The number of likely N-dealkylation sites (tertiary alicyclic amines) is 1. The predicted molar refractivity (Wildman–Crippen MR) is 126 cm³/mol. The van der Waals surface area contributed by atoms with Crippen LogP contribution in [0.4, 0.5) is 0 Å². The molecule has 0 bridgehead atoms. The zero-order chi connectivity index (χ0) is 23.3. The lowest BCUT2D eigenvalue weighted by molar-refractivity contribution is -0.126. The van der Waals surface area contributed by atoms with Crippen LogP contribution in [0.1, 0.15) is 42.9 Å².